The Labute approximate surface area is 417 Å². The molecule has 0 heterocycles. The Hall–Kier alpha value is -1.92. The van der Waals surface area contributed by atoms with Crippen molar-refractivity contribution in [2.45, 2.75) is 328 Å². The number of hydrogen-bond donors (Lipinski definition) is 3. The minimum absolute atomic E-state index is 0.00914. The molecule has 6 heteroatoms. The van der Waals surface area contributed by atoms with E-state index in [1.165, 1.54) is 231 Å². The summed E-state index contributed by atoms with van der Waals surface area (Å²) in [5, 5.41) is 23.3. The number of allylic oxidation sites excluding steroid dienone is 6. The van der Waals surface area contributed by atoms with Gasteiger partial charge < -0.3 is 20.3 Å². The van der Waals surface area contributed by atoms with Crippen LogP contribution in [0.3, 0.4) is 0 Å². The maximum atomic E-state index is 12.5. The molecule has 0 bridgehead atoms. The van der Waals surface area contributed by atoms with Crippen LogP contribution in [-0.2, 0) is 14.3 Å². The van der Waals surface area contributed by atoms with E-state index < -0.39 is 12.1 Å². The minimum Gasteiger partial charge on any atom is -0.466 e. The molecule has 0 saturated heterocycles. The average molecular weight is 943 g/mol. The van der Waals surface area contributed by atoms with Gasteiger partial charge >= 0.3 is 5.97 Å². The monoisotopic (exact) mass is 942 g/mol. The number of aliphatic hydroxyl groups is 2. The van der Waals surface area contributed by atoms with Crippen LogP contribution in [0.1, 0.15) is 316 Å². The highest BCUT2D eigenvalue weighted by atomic mass is 16.5. The fourth-order valence-corrected chi connectivity index (χ4v) is 9.08. The normalized spacial score (nSPS) is 12.8. The molecule has 2 atom stereocenters. The van der Waals surface area contributed by atoms with Crippen LogP contribution in [0, 0.1) is 0 Å². The molecule has 0 aliphatic carbocycles. The van der Waals surface area contributed by atoms with Crippen LogP contribution in [-0.4, -0.2) is 47.4 Å². The summed E-state index contributed by atoms with van der Waals surface area (Å²) in [7, 11) is 0. The first-order valence-corrected chi connectivity index (χ1v) is 29.7. The SMILES string of the molecule is CCC/C=C\C/C=C\CCCCCCCC(=O)OCCCCCCCCCCC/C=C\CCCCCCCCCC(=O)NC(CO)C(O)CCCCCCCCCCCCCCCCCCC. The van der Waals surface area contributed by atoms with Crippen molar-refractivity contribution in [3.05, 3.63) is 36.5 Å². The highest BCUT2D eigenvalue weighted by Gasteiger charge is 2.20. The third-order valence-electron chi connectivity index (χ3n) is 13.6. The first-order valence-electron chi connectivity index (χ1n) is 29.7. The quantitative estimate of drug-likeness (QED) is 0.0321. The van der Waals surface area contributed by atoms with Crippen molar-refractivity contribution in [3.63, 3.8) is 0 Å². The van der Waals surface area contributed by atoms with Gasteiger partial charge in [-0.1, -0.05) is 262 Å². The van der Waals surface area contributed by atoms with Crippen LogP contribution in [0.15, 0.2) is 36.5 Å². The molecule has 394 valence electrons. The summed E-state index contributed by atoms with van der Waals surface area (Å²) in [5.74, 6) is -0.0515. The lowest BCUT2D eigenvalue weighted by Gasteiger charge is -2.22. The summed E-state index contributed by atoms with van der Waals surface area (Å²) in [5.41, 5.74) is 0. The first kappa shape index (κ1) is 65.1. The molecular weight excluding hydrogens is 827 g/mol. The van der Waals surface area contributed by atoms with Gasteiger partial charge in [0.05, 0.1) is 25.4 Å². The lowest BCUT2D eigenvalue weighted by Crippen LogP contribution is -2.45. The molecule has 0 radical (unpaired) electrons. The van der Waals surface area contributed by atoms with E-state index in [9.17, 15) is 19.8 Å². The highest BCUT2D eigenvalue weighted by molar-refractivity contribution is 5.76. The van der Waals surface area contributed by atoms with E-state index in [-0.39, 0.29) is 18.5 Å². The molecule has 0 saturated carbocycles. The number of carbonyl (C=O) groups is 2. The minimum atomic E-state index is -0.670. The second-order valence-electron chi connectivity index (χ2n) is 20.3. The molecule has 0 aliphatic rings. The van der Waals surface area contributed by atoms with Crippen LogP contribution in [0.5, 0.6) is 0 Å². The summed E-state index contributed by atoms with van der Waals surface area (Å²) < 4.78 is 5.46. The van der Waals surface area contributed by atoms with Crippen LogP contribution < -0.4 is 5.32 Å². The smallest absolute Gasteiger partial charge is 0.305 e. The van der Waals surface area contributed by atoms with Gasteiger partial charge in [-0.2, -0.15) is 0 Å². The Morgan fingerprint density at radius 3 is 1.21 bits per heavy atom. The molecule has 0 aliphatic heterocycles. The predicted molar refractivity (Wildman–Crippen MR) is 292 cm³/mol. The fourth-order valence-electron chi connectivity index (χ4n) is 9.08. The number of hydrogen-bond acceptors (Lipinski definition) is 5. The fraction of sp³-hybridized carbons (Fsp3) is 0.869. The number of amides is 1. The Morgan fingerprint density at radius 2 is 0.776 bits per heavy atom. The van der Waals surface area contributed by atoms with E-state index in [0.717, 1.165) is 51.4 Å². The maximum Gasteiger partial charge on any atom is 0.305 e. The average Bonchev–Trinajstić information content (AvgIpc) is 3.33. The predicted octanol–water partition coefficient (Wildman–Crippen LogP) is 18.4. The van der Waals surface area contributed by atoms with Crippen molar-refractivity contribution in [1.29, 1.82) is 0 Å². The second kappa shape index (κ2) is 56.7. The number of aliphatic hydroxyl groups excluding tert-OH is 2. The zero-order chi connectivity index (χ0) is 48.6. The summed E-state index contributed by atoms with van der Waals surface area (Å²) in [6, 6.07) is -0.549. The van der Waals surface area contributed by atoms with Crippen LogP contribution >= 0.6 is 0 Å². The molecule has 0 rings (SSSR count). The maximum absolute atomic E-state index is 12.5. The van der Waals surface area contributed by atoms with Gasteiger partial charge in [-0.3, -0.25) is 9.59 Å². The Bertz CT molecular complexity index is 1090. The lowest BCUT2D eigenvalue weighted by molar-refractivity contribution is -0.143. The number of rotatable bonds is 55. The lowest BCUT2D eigenvalue weighted by atomic mass is 10.0. The number of ether oxygens (including phenoxy) is 1. The molecule has 0 aromatic carbocycles. The zero-order valence-electron chi connectivity index (χ0n) is 44.9. The van der Waals surface area contributed by atoms with Crippen LogP contribution in [0.2, 0.25) is 0 Å². The van der Waals surface area contributed by atoms with Gasteiger partial charge in [0.2, 0.25) is 5.91 Å². The standard InChI is InChI=1S/C61H115NO5/c1-3-5-7-9-11-13-15-17-18-23-26-30-33-37-41-45-49-53-59(64)58(57-63)62-60(65)54-50-46-42-38-34-31-27-24-21-19-20-22-25-28-32-36-40-44-48-52-56-67-61(66)55-51-47-43-39-35-29-16-14-12-10-8-6-4-2/h8,10,14,16,19,21,58-59,63-64H,3-7,9,11-13,15,17-18,20,22-57H2,1-2H3,(H,62,65)/b10-8-,16-14-,21-19-. The van der Waals surface area contributed by atoms with Crippen molar-refractivity contribution < 1.29 is 24.5 Å². The van der Waals surface area contributed by atoms with Gasteiger partial charge in [0, 0.05) is 12.8 Å². The van der Waals surface area contributed by atoms with Gasteiger partial charge in [-0.15, -0.1) is 0 Å². The number of unbranched alkanes of at least 4 members (excludes halogenated alkanes) is 38. The molecule has 0 fully saturated rings. The molecule has 0 aromatic rings. The van der Waals surface area contributed by atoms with Gasteiger partial charge in [-0.05, 0) is 77.0 Å². The molecule has 1 amide bonds. The van der Waals surface area contributed by atoms with Crippen molar-refractivity contribution in [3.8, 4) is 0 Å². The van der Waals surface area contributed by atoms with Crippen molar-refractivity contribution in [2.75, 3.05) is 13.2 Å². The van der Waals surface area contributed by atoms with E-state index in [0.29, 0.717) is 25.9 Å². The van der Waals surface area contributed by atoms with Gasteiger partial charge in [0.1, 0.15) is 0 Å². The molecule has 3 N–H and O–H groups in total. The van der Waals surface area contributed by atoms with Crippen LogP contribution in [0.4, 0.5) is 0 Å². The summed E-state index contributed by atoms with van der Waals surface area (Å²) in [4.78, 5) is 24.5. The summed E-state index contributed by atoms with van der Waals surface area (Å²) >= 11 is 0. The molecule has 0 aromatic heterocycles. The number of nitrogens with one attached hydrogen (secondary N) is 1. The van der Waals surface area contributed by atoms with Gasteiger partial charge in [0.15, 0.2) is 0 Å². The number of esters is 1. The Kier molecular flexibility index (Phi) is 55.0. The first-order chi connectivity index (χ1) is 33.0. The van der Waals surface area contributed by atoms with E-state index >= 15 is 0 Å². The van der Waals surface area contributed by atoms with E-state index in [2.05, 4.69) is 55.6 Å². The zero-order valence-corrected chi connectivity index (χ0v) is 44.9. The van der Waals surface area contributed by atoms with Gasteiger partial charge in [0.25, 0.3) is 0 Å². The number of carbonyl (C=O) groups excluding carboxylic acids is 2. The van der Waals surface area contributed by atoms with Crippen LogP contribution in [0.25, 0.3) is 0 Å². The summed E-state index contributed by atoms with van der Waals surface area (Å²) in [6.45, 7) is 4.88. The second-order valence-corrected chi connectivity index (χ2v) is 20.3. The highest BCUT2D eigenvalue weighted by Crippen LogP contribution is 2.17. The van der Waals surface area contributed by atoms with Crippen molar-refractivity contribution in [1.82, 2.24) is 5.32 Å². The van der Waals surface area contributed by atoms with E-state index in [1.54, 1.807) is 0 Å². The third kappa shape index (κ3) is 53.3. The Balaban J connectivity index is 3.44. The molecule has 67 heavy (non-hydrogen) atoms. The Morgan fingerprint density at radius 1 is 0.418 bits per heavy atom. The molecule has 0 spiro atoms. The van der Waals surface area contributed by atoms with Crippen molar-refractivity contribution in [2.24, 2.45) is 0 Å². The molecule has 6 nitrogen and oxygen atoms in total. The summed E-state index contributed by atoms with van der Waals surface area (Å²) in [6.07, 6.45) is 69.9. The van der Waals surface area contributed by atoms with Gasteiger partial charge in [-0.25, -0.2) is 0 Å². The van der Waals surface area contributed by atoms with Crippen molar-refractivity contribution >= 4 is 11.9 Å². The molecule has 2 unspecified atom stereocenters. The van der Waals surface area contributed by atoms with E-state index in [1.807, 2.05) is 0 Å². The molecular formula is C61H115NO5. The topological polar surface area (TPSA) is 95.9 Å². The largest absolute Gasteiger partial charge is 0.466 e. The van der Waals surface area contributed by atoms with E-state index in [4.69, 9.17) is 4.74 Å². The third-order valence-corrected chi connectivity index (χ3v) is 13.6.